The summed E-state index contributed by atoms with van der Waals surface area (Å²) < 4.78 is 0. The van der Waals surface area contributed by atoms with Crippen molar-refractivity contribution in [2.45, 2.75) is 39.2 Å². The van der Waals surface area contributed by atoms with E-state index in [1.165, 1.54) is 0 Å². The Hall–Kier alpha value is -2.47. The normalized spacial score (nSPS) is 22.0. The maximum atomic E-state index is 12.6. The number of rotatable bonds is 3. The lowest BCUT2D eigenvalue weighted by molar-refractivity contribution is -0.123. The first-order chi connectivity index (χ1) is 12.7. The minimum absolute atomic E-state index is 0.0348. The third-order valence-corrected chi connectivity index (χ3v) is 6.07. The smallest absolute Gasteiger partial charge is 0.300 e. The van der Waals surface area contributed by atoms with Crippen LogP contribution in [0.25, 0.3) is 5.57 Å². The molecule has 1 fully saturated rings. The molecule has 0 spiro atoms. The molecule has 6 nitrogen and oxygen atoms in total. The maximum absolute atomic E-state index is 12.6. The van der Waals surface area contributed by atoms with Gasteiger partial charge >= 0.3 is 0 Å². The first-order valence-electron chi connectivity index (χ1n) is 9.47. The second-order valence-corrected chi connectivity index (χ2v) is 8.40. The lowest BCUT2D eigenvalue weighted by Crippen LogP contribution is -2.48. The number of amides is 2. The Bertz CT molecular complexity index is 892. The Morgan fingerprint density at radius 3 is 2.52 bits per heavy atom. The molecule has 1 aromatic carbocycles. The van der Waals surface area contributed by atoms with Gasteiger partial charge in [0.15, 0.2) is 0 Å². The van der Waals surface area contributed by atoms with Crippen LogP contribution in [0, 0.1) is 12.8 Å². The van der Waals surface area contributed by atoms with Crippen LogP contribution < -0.4 is 10.6 Å². The second kappa shape index (κ2) is 6.02. The average Bonchev–Trinajstić information content (AvgIpc) is 2.87. The van der Waals surface area contributed by atoms with E-state index in [0.29, 0.717) is 5.56 Å². The van der Waals surface area contributed by atoms with Crippen molar-refractivity contribution in [3.05, 3.63) is 34.9 Å². The van der Waals surface area contributed by atoms with Crippen molar-refractivity contribution in [3.63, 3.8) is 0 Å². The summed E-state index contributed by atoms with van der Waals surface area (Å²) >= 11 is 0. The number of benzene rings is 1. The van der Waals surface area contributed by atoms with Crippen LogP contribution in [0.15, 0.2) is 18.2 Å². The molecule has 0 bridgehead atoms. The third-order valence-electron chi connectivity index (χ3n) is 6.07. The van der Waals surface area contributed by atoms with Crippen LogP contribution in [0.1, 0.15) is 48.2 Å². The molecule has 0 aromatic heterocycles. The summed E-state index contributed by atoms with van der Waals surface area (Å²) in [7, 11) is 0. The molecule has 4 rings (SSSR count). The summed E-state index contributed by atoms with van der Waals surface area (Å²) in [5, 5.41) is 0. The number of nitrogens with zero attached hydrogens (tertiary/aromatic N) is 2. The Labute approximate surface area is 159 Å². The Kier molecular flexibility index (Phi) is 4.00. The van der Waals surface area contributed by atoms with Gasteiger partial charge < -0.3 is 5.73 Å². The van der Waals surface area contributed by atoms with Crippen molar-refractivity contribution >= 4 is 28.9 Å². The maximum Gasteiger partial charge on any atom is 0.300 e. The average molecular weight is 367 g/mol. The summed E-state index contributed by atoms with van der Waals surface area (Å²) in [6.07, 6.45) is 3.66. The highest BCUT2D eigenvalue weighted by Gasteiger charge is 2.47. The number of anilines is 1. The van der Waals surface area contributed by atoms with Gasteiger partial charge in [0.1, 0.15) is 0 Å². The molecule has 27 heavy (non-hydrogen) atoms. The standard InChI is InChI=1S/C21H25N3O3/c1-12-4-5-15-14(11-23-8-6-13(7-9-23)19(22)26)10-21(2,3)24-17(15)16(12)18(25)20(24)27/h4-5,10,13H,6-9,11H2,1-3H3,(H2,22,26). The Balaban J connectivity index is 1.68. The fourth-order valence-corrected chi connectivity index (χ4v) is 4.65. The van der Waals surface area contributed by atoms with Gasteiger partial charge in [-0.15, -0.1) is 0 Å². The highest BCUT2D eigenvalue weighted by molar-refractivity contribution is 6.53. The van der Waals surface area contributed by atoms with Crippen molar-refractivity contribution in [1.82, 2.24) is 4.90 Å². The first kappa shape index (κ1) is 17.9. The zero-order valence-electron chi connectivity index (χ0n) is 16.0. The SMILES string of the molecule is Cc1ccc2c3c1C(=O)C(=O)N3C(C)(C)C=C2CN1CCC(C(N)=O)CC1. The third kappa shape index (κ3) is 2.70. The molecule has 1 aromatic rings. The number of piperidine rings is 1. The highest BCUT2D eigenvalue weighted by Crippen LogP contribution is 2.46. The summed E-state index contributed by atoms with van der Waals surface area (Å²) in [5.41, 5.74) is 9.13. The summed E-state index contributed by atoms with van der Waals surface area (Å²) in [6, 6.07) is 3.94. The van der Waals surface area contributed by atoms with E-state index in [-0.39, 0.29) is 11.8 Å². The van der Waals surface area contributed by atoms with Gasteiger partial charge in [0.25, 0.3) is 11.7 Å². The van der Waals surface area contributed by atoms with Gasteiger partial charge in [-0.1, -0.05) is 18.2 Å². The highest BCUT2D eigenvalue weighted by atomic mass is 16.2. The molecule has 0 radical (unpaired) electrons. The van der Waals surface area contributed by atoms with E-state index >= 15 is 0 Å². The van der Waals surface area contributed by atoms with E-state index < -0.39 is 17.2 Å². The van der Waals surface area contributed by atoms with Crippen LogP contribution in [0.5, 0.6) is 0 Å². The van der Waals surface area contributed by atoms with Crippen LogP contribution >= 0.6 is 0 Å². The first-order valence-corrected chi connectivity index (χ1v) is 9.47. The van der Waals surface area contributed by atoms with Crippen molar-refractivity contribution in [3.8, 4) is 0 Å². The van der Waals surface area contributed by atoms with Gasteiger partial charge in [-0.2, -0.15) is 0 Å². The largest absolute Gasteiger partial charge is 0.369 e. The molecule has 3 heterocycles. The predicted octanol–water partition coefficient (Wildman–Crippen LogP) is 1.90. The number of primary amides is 1. The Morgan fingerprint density at radius 2 is 1.89 bits per heavy atom. The van der Waals surface area contributed by atoms with E-state index in [2.05, 4.69) is 11.0 Å². The van der Waals surface area contributed by atoms with E-state index in [1.807, 2.05) is 32.9 Å². The van der Waals surface area contributed by atoms with Crippen molar-refractivity contribution in [2.24, 2.45) is 11.7 Å². The van der Waals surface area contributed by atoms with Gasteiger partial charge in [0.2, 0.25) is 5.91 Å². The number of carbonyl (C=O) groups is 3. The van der Waals surface area contributed by atoms with Crippen molar-refractivity contribution < 1.29 is 14.4 Å². The van der Waals surface area contributed by atoms with E-state index in [1.54, 1.807) is 4.90 Å². The van der Waals surface area contributed by atoms with E-state index in [9.17, 15) is 14.4 Å². The molecule has 2 N–H and O–H groups in total. The number of hydrogen-bond acceptors (Lipinski definition) is 4. The summed E-state index contributed by atoms with van der Waals surface area (Å²) in [4.78, 5) is 40.6. The second-order valence-electron chi connectivity index (χ2n) is 8.40. The molecule has 0 unspecified atom stereocenters. The van der Waals surface area contributed by atoms with Gasteiger partial charge in [-0.05, 0) is 57.8 Å². The number of carbonyl (C=O) groups excluding carboxylic acids is 3. The Morgan fingerprint density at radius 1 is 1.22 bits per heavy atom. The van der Waals surface area contributed by atoms with Gasteiger partial charge in [0.05, 0.1) is 16.8 Å². The molecular weight excluding hydrogens is 342 g/mol. The van der Waals surface area contributed by atoms with Crippen molar-refractivity contribution in [2.75, 3.05) is 24.5 Å². The van der Waals surface area contributed by atoms with Crippen LogP contribution in [-0.4, -0.2) is 47.7 Å². The van der Waals surface area contributed by atoms with Gasteiger partial charge in [0, 0.05) is 18.0 Å². The number of ketones is 1. The van der Waals surface area contributed by atoms with Crippen LogP contribution in [0.4, 0.5) is 5.69 Å². The van der Waals surface area contributed by atoms with Crippen molar-refractivity contribution in [1.29, 1.82) is 0 Å². The predicted molar refractivity (Wildman–Crippen MR) is 103 cm³/mol. The fourth-order valence-electron chi connectivity index (χ4n) is 4.65. The molecule has 2 amide bonds. The zero-order chi connectivity index (χ0) is 19.5. The van der Waals surface area contributed by atoms with Crippen LogP contribution in [0.2, 0.25) is 0 Å². The number of Topliss-reactive ketones (excluding diaryl/α,β-unsaturated/α-hetero) is 1. The molecular formula is C21H25N3O3. The fraction of sp³-hybridized carbons (Fsp3) is 0.476. The van der Waals surface area contributed by atoms with E-state index in [0.717, 1.165) is 54.9 Å². The lowest BCUT2D eigenvalue weighted by Gasteiger charge is -2.40. The topological polar surface area (TPSA) is 83.7 Å². The van der Waals surface area contributed by atoms with Gasteiger partial charge in [-0.25, -0.2) is 0 Å². The van der Waals surface area contributed by atoms with Gasteiger partial charge in [-0.3, -0.25) is 24.2 Å². The molecule has 3 aliphatic rings. The van der Waals surface area contributed by atoms with Crippen LogP contribution in [0.3, 0.4) is 0 Å². The number of nitrogens with two attached hydrogens (primary N) is 1. The number of aryl methyl sites for hydroxylation is 1. The molecule has 6 heteroatoms. The molecule has 0 saturated carbocycles. The molecule has 1 saturated heterocycles. The van der Waals surface area contributed by atoms with E-state index in [4.69, 9.17) is 5.73 Å². The molecule has 3 aliphatic heterocycles. The summed E-state index contributed by atoms with van der Waals surface area (Å²) in [6.45, 7) is 8.20. The number of hydrogen-bond donors (Lipinski definition) is 1. The minimum atomic E-state index is -0.556. The lowest BCUT2D eigenvalue weighted by atomic mass is 9.86. The summed E-state index contributed by atoms with van der Waals surface area (Å²) in [5.74, 6) is -1.10. The molecule has 142 valence electrons. The molecule has 0 atom stereocenters. The van der Waals surface area contributed by atoms with Crippen LogP contribution in [-0.2, 0) is 9.59 Å². The molecule has 0 aliphatic carbocycles. The monoisotopic (exact) mass is 367 g/mol. The quantitative estimate of drug-likeness (QED) is 0.827. The minimum Gasteiger partial charge on any atom is -0.369 e. The number of likely N-dealkylation sites (tertiary alicyclic amines) is 1. The zero-order valence-corrected chi connectivity index (χ0v) is 16.0.